The number of benzene rings is 1. The van der Waals surface area contributed by atoms with Gasteiger partial charge in [-0.05, 0) is 49.7 Å². The Balaban J connectivity index is 1.41. The van der Waals surface area contributed by atoms with Crippen LogP contribution in [0, 0.1) is 18.6 Å². The van der Waals surface area contributed by atoms with Crippen molar-refractivity contribution < 1.29 is 18.3 Å². The van der Waals surface area contributed by atoms with Crippen molar-refractivity contribution in [3.05, 3.63) is 59.4 Å². The molecule has 4 rings (SSSR count). The van der Waals surface area contributed by atoms with Crippen molar-refractivity contribution in [3.63, 3.8) is 0 Å². The smallest absolute Gasteiger partial charge is 0.341 e. The third-order valence-electron chi connectivity index (χ3n) is 4.96. The van der Waals surface area contributed by atoms with Crippen molar-refractivity contribution in [2.45, 2.75) is 31.9 Å². The number of likely N-dealkylation sites (tertiary alicyclic amines) is 1. The van der Waals surface area contributed by atoms with Crippen LogP contribution in [0.3, 0.4) is 0 Å². The lowest BCUT2D eigenvalue weighted by molar-refractivity contribution is -0.0482. The number of halogens is 2. The van der Waals surface area contributed by atoms with E-state index in [-0.39, 0.29) is 17.9 Å². The first-order valence-corrected chi connectivity index (χ1v) is 9.02. The molecular formula is C20H20F2N4O2. The van der Waals surface area contributed by atoms with Crippen molar-refractivity contribution in [2.24, 2.45) is 5.10 Å². The maximum Gasteiger partial charge on any atom is 0.341 e. The maximum absolute atomic E-state index is 13.9. The number of pyridine rings is 1. The topological polar surface area (TPSA) is 58.0 Å². The molecule has 2 aliphatic heterocycles. The van der Waals surface area contributed by atoms with Crippen LogP contribution in [-0.2, 0) is 0 Å². The van der Waals surface area contributed by atoms with E-state index in [4.69, 9.17) is 4.74 Å². The van der Waals surface area contributed by atoms with E-state index in [9.17, 15) is 13.6 Å². The number of hydrazone groups is 1. The second kappa shape index (κ2) is 6.85. The Morgan fingerprint density at radius 2 is 1.96 bits per heavy atom. The second-order valence-electron chi connectivity index (χ2n) is 7.37. The van der Waals surface area contributed by atoms with Crippen molar-refractivity contribution in [3.8, 4) is 5.75 Å². The van der Waals surface area contributed by atoms with Gasteiger partial charge in [-0.3, -0.25) is 4.98 Å². The first-order chi connectivity index (χ1) is 13.3. The predicted molar refractivity (Wildman–Crippen MR) is 99.0 cm³/mol. The number of hydrogen-bond acceptors (Lipinski definition) is 4. The minimum atomic E-state index is -0.552. The summed E-state index contributed by atoms with van der Waals surface area (Å²) in [5.74, 6) is -0.182. The van der Waals surface area contributed by atoms with Gasteiger partial charge in [-0.1, -0.05) is 0 Å². The van der Waals surface area contributed by atoms with Crippen LogP contribution in [0.5, 0.6) is 5.75 Å². The Bertz CT molecular complexity index is 926. The molecule has 2 amide bonds. The number of ether oxygens (including phenoxy) is 1. The molecule has 1 aromatic heterocycles. The first-order valence-electron chi connectivity index (χ1n) is 9.02. The zero-order valence-electron chi connectivity index (χ0n) is 15.6. The highest BCUT2D eigenvalue weighted by atomic mass is 19.1. The van der Waals surface area contributed by atoms with Crippen molar-refractivity contribution >= 4 is 12.2 Å². The molecule has 0 saturated carbocycles. The quantitative estimate of drug-likeness (QED) is 0.809. The van der Waals surface area contributed by atoms with Crippen LogP contribution < -0.4 is 4.74 Å². The maximum atomic E-state index is 13.9. The molecule has 3 heterocycles. The Morgan fingerprint density at radius 3 is 2.64 bits per heavy atom. The van der Waals surface area contributed by atoms with Gasteiger partial charge in [0.1, 0.15) is 23.0 Å². The molecule has 2 aliphatic rings. The van der Waals surface area contributed by atoms with E-state index in [0.29, 0.717) is 36.5 Å². The van der Waals surface area contributed by atoms with Crippen LogP contribution >= 0.6 is 0 Å². The molecule has 28 heavy (non-hydrogen) atoms. The summed E-state index contributed by atoms with van der Waals surface area (Å²) in [5, 5.41) is 5.54. The molecule has 0 unspecified atom stereocenters. The molecular weight excluding hydrogens is 366 g/mol. The summed E-state index contributed by atoms with van der Waals surface area (Å²) in [6.07, 6.45) is 3.73. The lowest BCUT2D eigenvalue weighted by Gasteiger charge is -2.48. The molecule has 2 aromatic rings. The van der Waals surface area contributed by atoms with Crippen LogP contribution in [0.1, 0.15) is 30.6 Å². The third-order valence-corrected chi connectivity index (χ3v) is 4.96. The second-order valence-corrected chi connectivity index (χ2v) is 7.37. The summed E-state index contributed by atoms with van der Waals surface area (Å²) in [5.41, 5.74) is 0.376. The lowest BCUT2D eigenvalue weighted by atomic mass is 9.96. The minimum absolute atomic E-state index is 0.264. The number of aryl methyl sites for hydroxylation is 1. The van der Waals surface area contributed by atoms with Crippen molar-refractivity contribution in [1.29, 1.82) is 0 Å². The molecule has 0 radical (unpaired) electrons. The standard InChI is InChI=1S/C20H20F2N4O2/c1-13-17(22)9-14(10-23-13)18-7-8-24-26(18)19(27)25-11-20(2,12-25)28-16-5-3-15(21)4-6-16/h3-6,8-10,18H,7,11-12H2,1-2H3/t18-/m0/s1. The SMILES string of the molecule is Cc1ncc([C@@H]2CC=NN2C(=O)N2CC(C)(Oc3ccc(F)cc3)C2)cc1F. The van der Waals surface area contributed by atoms with Gasteiger partial charge in [-0.15, -0.1) is 0 Å². The largest absolute Gasteiger partial charge is 0.484 e. The molecule has 0 N–H and O–H groups in total. The Hall–Kier alpha value is -3.03. The van der Waals surface area contributed by atoms with Gasteiger partial charge in [0.05, 0.1) is 24.8 Å². The van der Waals surface area contributed by atoms with Crippen LogP contribution in [0.25, 0.3) is 0 Å². The van der Waals surface area contributed by atoms with Crippen LogP contribution in [0.15, 0.2) is 41.6 Å². The number of carbonyl (C=O) groups is 1. The molecule has 0 bridgehead atoms. The van der Waals surface area contributed by atoms with Gasteiger partial charge >= 0.3 is 6.03 Å². The highest BCUT2D eigenvalue weighted by Crippen LogP contribution is 2.33. The predicted octanol–water partition coefficient (Wildman–Crippen LogP) is 3.67. The fourth-order valence-corrected chi connectivity index (χ4v) is 3.47. The highest BCUT2D eigenvalue weighted by Gasteiger charge is 2.46. The number of urea groups is 1. The summed E-state index contributed by atoms with van der Waals surface area (Å²) >= 11 is 0. The number of nitrogens with zero attached hydrogens (tertiary/aromatic N) is 4. The Labute approximate surface area is 161 Å². The zero-order valence-corrected chi connectivity index (χ0v) is 15.6. The van der Waals surface area contributed by atoms with E-state index >= 15 is 0 Å². The highest BCUT2D eigenvalue weighted by molar-refractivity contribution is 5.79. The van der Waals surface area contributed by atoms with Gasteiger partial charge in [-0.25, -0.2) is 18.6 Å². The zero-order chi connectivity index (χ0) is 19.9. The summed E-state index contributed by atoms with van der Waals surface area (Å²) in [4.78, 5) is 18.5. The average molecular weight is 386 g/mol. The van der Waals surface area contributed by atoms with E-state index in [1.54, 1.807) is 36.4 Å². The van der Waals surface area contributed by atoms with Crippen LogP contribution in [0.2, 0.25) is 0 Å². The fourth-order valence-electron chi connectivity index (χ4n) is 3.47. The molecule has 0 spiro atoms. The summed E-state index contributed by atoms with van der Waals surface area (Å²) in [6.45, 7) is 4.24. The fraction of sp³-hybridized carbons (Fsp3) is 0.350. The van der Waals surface area contributed by atoms with E-state index in [1.807, 2.05) is 6.92 Å². The van der Waals surface area contributed by atoms with Gasteiger partial charge in [0.2, 0.25) is 0 Å². The lowest BCUT2D eigenvalue weighted by Crippen LogP contribution is -2.66. The molecule has 1 aromatic carbocycles. The average Bonchev–Trinajstić information content (AvgIpc) is 3.13. The number of carbonyl (C=O) groups excluding carboxylic acids is 1. The monoisotopic (exact) mass is 386 g/mol. The number of rotatable bonds is 3. The third kappa shape index (κ3) is 3.42. The number of aromatic nitrogens is 1. The Morgan fingerprint density at radius 1 is 1.25 bits per heavy atom. The molecule has 146 valence electrons. The van der Waals surface area contributed by atoms with E-state index in [2.05, 4.69) is 10.1 Å². The van der Waals surface area contributed by atoms with Gasteiger partial charge in [0.15, 0.2) is 0 Å². The molecule has 8 heteroatoms. The number of amides is 2. The summed E-state index contributed by atoms with van der Waals surface area (Å²) < 4.78 is 32.8. The van der Waals surface area contributed by atoms with Crippen molar-refractivity contribution in [2.75, 3.05) is 13.1 Å². The number of hydrogen-bond donors (Lipinski definition) is 0. The van der Waals surface area contributed by atoms with Gasteiger partial charge in [0.25, 0.3) is 0 Å². The molecule has 1 fully saturated rings. The van der Waals surface area contributed by atoms with E-state index in [0.717, 1.165) is 0 Å². The van der Waals surface area contributed by atoms with E-state index < -0.39 is 11.4 Å². The van der Waals surface area contributed by atoms with Gasteiger partial charge < -0.3 is 9.64 Å². The van der Waals surface area contributed by atoms with Crippen LogP contribution in [0.4, 0.5) is 13.6 Å². The Kier molecular flexibility index (Phi) is 4.49. The minimum Gasteiger partial charge on any atom is -0.484 e. The molecule has 1 saturated heterocycles. The van der Waals surface area contributed by atoms with E-state index in [1.165, 1.54) is 23.2 Å². The summed E-state index contributed by atoms with van der Waals surface area (Å²) in [7, 11) is 0. The van der Waals surface area contributed by atoms with Gasteiger partial charge in [0, 0.05) is 18.8 Å². The van der Waals surface area contributed by atoms with Crippen LogP contribution in [-0.4, -0.2) is 45.8 Å². The first kappa shape index (κ1) is 18.3. The summed E-state index contributed by atoms with van der Waals surface area (Å²) in [6, 6.07) is 6.55. The normalized spacial score (nSPS) is 20.2. The van der Waals surface area contributed by atoms with Crippen molar-refractivity contribution in [1.82, 2.24) is 14.9 Å². The molecule has 6 nitrogen and oxygen atoms in total. The molecule has 1 atom stereocenters. The molecule has 0 aliphatic carbocycles. The van der Waals surface area contributed by atoms with Gasteiger partial charge in [-0.2, -0.15) is 5.10 Å².